The Morgan fingerprint density at radius 2 is 1.78 bits per heavy atom. The summed E-state index contributed by atoms with van der Waals surface area (Å²) in [6.45, 7) is 3.95. The fourth-order valence-corrected chi connectivity index (χ4v) is 8.21. The van der Waals surface area contributed by atoms with E-state index in [2.05, 4.69) is 31.0 Å². The van der Waals surface area contributed by atoms with Crippen LogP contribution in [0.2, 0.25) is 5.02 Å². The average molecular weight is 493 g/mol. The van der Waals surface area contributed by atoms with E-state index in [-0.39, 0.29) is 29.4 Å². The van der Waals surface area contributed by atoms with E-state index in [1.807, 2.05) is 11.0 Å². The maximum atomic E-state index is 12.7. The molecule has 0 unspecified atom stereocenters. The van der Waals surface area contributed by atoms with Crippen molar-refractivity contribution in [2.75, 3.05) is 23.0 Å². The van der Waals surface area contributed by atoms with Crippen molar-refractivity contribution < 1.29 is 17.9 Å². The van der Waals surface area contributed by atoms with Crippen molar-refractivity contribution in [1.82, 2.24) is 0 Å². The summed E-state index contributed by atoms with van der Waals surface area (Å²) in [7, 11) is -3.13. The maximum Gasteiger partial charge on any atom is 0.285 e. The summed E-state index contributed by atoms with van der Waals surface area (Å²) in [6, 6.07) is 12.7. The van der Waals surface area contributed by atoms with Crippen LogP contribution in [0, 0.1) is 0 Å². The van der Waals surface area contributed by atoms with Gasteiger partial charge in [0.15, 0.2) is 21.6 Å². The molecule has 0 spiro atoms. The number of anilines is 1. The van der Waals surface area contributed by atoms with Crippen molar-refractivity contribution in [3.8, 4) is 5.75 Å². The van der Waals surface area contributed by atoms with Gasteiger partial charge < -0.3 is 9.64 Å². The summed E-state index contributed by atoms with van der Waals surface area (Å²) in [5, 5.41) is 0.998. The lowest BCUT2D eigenvalue weighted by Crippen LogP contribution is -2.39. The minimum atomic E-state index is -3.13. The molecule has 2 fully saturated rings. The van der Waals surface area contributed by atoms with E-state index in [4.69, 9.17) is 16.3 Å². The largest absolute Gasteiger partial charge is 0.484 e. The molecule has 0 N–H and O–H groups in total. The SMILES string of the molecule is CCc1cccc(CC)c1N1C(=NC(=O)COc2ccc(Cl)cc2)S[C@H]2CS(=O)(=O)C[C@@H]21. The average Bonchev–Trinajstić information content (AvgIpc) is 3.23. The zero-order valence-electron chi connectivity index (χ0n) is 18.0. The Balaban J connectivity index is 1.65. The molecule has 0 bridgehead atoms. The fourth-order valence-electron chi connectivity index (χ4n) is 4.17. The number of aliphatic imine (C=N–C) groups is 1. The number of sulfone groups is 1. The lowest BCUT2D eigenvalue weighted by atomic mass is 10.0. The highest BCUT2D eigenvalue weighted by atomic mass is 35.5. The molecule has 2 atom stereocenters. The molecule has 1 amide bonds. The number of rotatable bonds is 6. The Labute approximate surface area is 197 Å². The lowest BCUT2D eigenvalue weighted by Gasteiger charge is -2.29. The van der Waals surface area contributed by atoms with E-state index >= 15 is 0 Å². The minimum absolute atomic E-state index is 0.0698. The number of thioether (sulfide) groups is 1. The number of hydrogen-bond donors (Lipinski definition) is 0. The zero-order valence-corrected chi connectivity index (χ0v) is 20.3. The van der Waals surface area contributed by atoms with Crippen molar-refractivity contribution in [3.05, 3.63) is 58.6 Å². The summed E-state index contributed by atoms with van der Waals surface area (Å²) in [4.78, 5) is 19.0. The van der Waals surface area contributed by atoms with Gasteiger partial charge >= 0.3 is 0 Å². The van der Waals surface area contributed by atoms with Gasteiger partial charge in [0.1, 0.15) is 5.75 Å². The number of halogens is 1. The first-order valence-electron chi connectivity index (χ1n) is 10.6. The van der Waals surface area contributed by atoms with Crippen molar-refractivity contribution in [2.45, 2.75) is 38.0 Å². The number of amidine groups is 1. The molecular weight excluding hydrogens is 468 g/mol. The molecule has 2 aromatic rings. The van der Waals surface area contributed by atoms with Crippen LogP contribution in [0.25, 0.3) is 0 Å². The highest BCUT2D eigenvalue weighted by molar-refractivity contribution is 8.16. The number of amides is 1. The predicted octanol–water partition coefficient (Wildman–Crippen LogP) is 4.15. The molecule has 2 aromatic carbocycles. The monoisotopic (exact) mass is 492 g/mol. The number of fused-ring (bicyclic) bond motifs is 1. The molecule has 0 aliphatic carbocycles. The summed E-state index contributed by atoms with van der Waals surface area (Å²) in [6.07, 6.45) is 1.60. The molecule has 32 heavy (non-hydrogen) atoms. The van der Waals surface area contributed by atoms with Crippen molar-refractivity contribution in [2.24, 2.45) is 4.99 Å². The first-order valence-corrected chi connectivity index (χ1v) is 13.7. The molecule has 0 saturated carbocycles. The standard InChI is InChI=1S/C23H25ClN2O4S2/c1-3-15-6-5-7-16(4-2)22(15)26-19-13-32(28,29)14-20(19)31-23(26)25-21(27)12-30-18-10-8-17(24)9-11-18/h5-11,19-20H,3-4,12-14H2,1-2H3/t19-,20-/m0/s1. The van der Waals surface area contributed by atoms with Gasteiger partial charge in [0.05, 0.1) is 17.5 Å². The quantitative estimate of drug-likeness (QED) is 0.603. The topological polar surface area (TPSA) is 76.0 Å². The third-order valence-corrected chi connectivity index (χ3v) is 9.13. The van der Waals surface area contributed by atoms with Crippen molar-refractivity contribution >= 4 is 50.0 Å². The van der Waals surface area contributed by atoms with Crippen LogP contribution in [0.15, 0.2) is 47.5 Å². The van der Waals surface area contributed by atoms with Gasteiger partial charge in [-0.05, 0) is 48.2 Å². The van der Waals surface area contributed by atoms with Crippen LogP contribution >= 0.6 is 23.4 Å². The Kier molecular flexibility index (Phi) is 6.83. The molecule has 4 rings (SSSR count). The molecule has 2 saturated heterocycles. The lowest BCUT2D eigenvalue weighted by molar-refractivity contribution is -0.119. The third kappa shape index (κ3) is 4.82. The van der Waals surface area contributed by atoms with Gasteiger partial charge in [-0.3, -0.25) is 4.79 Å². The first-order chi connectivity index (χ1) is 15.3. The molecule has 0 radical (unpaired) electrons. The van der Waals surface area contributed by atoms with Crippen molar-refractivity contribution in [1.29, 1.82) is 0 Å². The van der Waals surface area contributed by atoms with E-state index in [1.54, 1.807) is 24.3 Å². The van der Waals surface area contributed by atoms with Gasteiger partial charge in [-0.15, -0.1) is 0 Å². The van der Waals surface area contributed by atoms with E-state index < -0.39 is 15.7 Å². The van der Waals surface area contributed by atoms with Gasteiger partial charge in [0.2, 0.25) is 0 Å². The van der Waals surface area contributed by atoms with E-state index in [1.165, 1.54) is 11.8 Å². The molecule has 2 heterocycles. The zero-order chi connectivity index (χ0) is 22.9. The Morgan fingerprint density at radius 3 is 2.41 bits per heavy atom. The van der Waals surface area contributed by atoms with Crippen LogP contribution in [0.3, 0.4) is 0 Å². The first kappa shape index (κ1) is 23.1. The Morgan fingerprint density at radius 1 is 1.12 bits per heavy atom. The number of ether oxygens (including phenoxy) is 1. The van der Waals surface area contributed by atoms with Crippen molar-refractivity contribution in [3.63, 3.8) is 0 Å². The van der Waals surface area contributed by atoms with Gasteiger partial charge in [0, 0.05) is 16.0 Å². The summed E-state index contributed by atoms with van der Waals surface area (Å²) in [5.74, 6) is 0.289. The van der Waals surface area contributed by atoms with Gasteiger partial charge in [-0.1, -0.05) is 55.4 Å². The van der Waals surface area contributed by atoms with Crippen LogP contribution in [0.1, 0.15) is 25.0 Å². The summed E-state index contributed by atoms with van der Waals surface area (Å²) in [5.41, 5.74) is 3.22. The molecule has 0 aromatic heterocycles. The third-order valence-electron chi connectivity index (χ3n) is 5.67. The maximum absolute atomic E-state index is 12.7. The van der Waals surface area contributed by atoms with E-state index in [0.717, 1.165) is 29.7 Å². The number of hydrogen-bond acceptors (Lipinski definition) is 5. The number of para-hydroxylation sites is 1. The van der Waals surface area contributed by atoms with Crippen LogP contribution in [0.5, 0.6) is 5.75 Å². The number of benzene rings is 2. The molecule has 170 valence electrons. The highest BCUT2D eigenvalue weighted by Gasteiger charge is 2.50. The van der Waals surface area contributed by atoms with Gasteiger partial charge in [0.25, 0.3) is 5.91 Å². The molecule has 2 aliphatic heterocycles. The smallest absolute Gasteiger partial charge is 0.285 e. The van der Waals surface area contributed by atoms with Crippen LogP contribution in [0.4, 0.5) is 5.69 Å². The number of carbonyl (C=O) groups excluding carboxylic acids is 1. The van der Waals surface area contributed by atoms with E-state index in [9.17, 15) is 13.2 Å². The Hall–Kier alpha value is -2.03. The van der Waals surface area contributed by atoms with Crippen LogP contribution < -0.4 is 9.64 Å². The second-order valence-electron chi connectivity index (χ2n) is 7.83. The normalized spacial score (nSPS) is 22.8. The highest BCUT2D eigenvalue weighted by Crippen LogP contribution is 2.43. The molecule has 2 aliphatic rings. The number of carbonyl (C=O) groups is 1. The number of aryl methyl sites for hydroxylation is 2. The van der Waals surface area contributed by atoms with Gasteiger partial charge in [-0.2, -0.15) is 4.99 Å². The number of nitrogens with zero attached hydrogens (tertiary/aromatic N) is 2. The Bertz CT molecular complexity index is 1130. The predicted molar refractivity (Wildman–Crippen MR) is 131 cm³/mol. The van der Waals surface area contributed by atoms with Crippen LogP contribution in [-0.2, 0) is 27.5 Å². The van der Waals surface area contributed by atoms with Gasteiger partial charge in [-0.25, -0.2) is 8.42 Å². The van der Waals surface area contributed by atoms with E-state index in [0.29, 0.717) is 15.9 Å². The second kappa shape index (κ2) is 9.45. The molecule has 9 heteroatoms. The molecule has 6 nitrogen and oxygen atoms in total. The summed E-state index contributed by atoms with van der Waals surface area (Å²) >= 11 is 7.26. The summed E-state index contributed by atoms with van der Waals surface area (Å²) < 4.78 is 30.3. The molecular formula is C23H25ClN2O4S2. The fraction of sp³-hybridized carbons (Fsp3) is 0.391. The minimum Gasteiger partial charge on any atom is -0.484 e. The van der Waals surface area contributed by atoms with Crippen LogP contribution in [-0.4, -0.2) is 48.9 Å². The second-order valence-corrected chi connectivity index (χ2v) is 11.6.